The largest absolute Gasteiger partial charge is 0.493 e. The quantitative estimate of drug-likeness (QED) is 0.402. The molecule has 0 aliphatic carbocycles. The molecule has 1 amide bonds. The van der Waals surface area contributed by atoms with Gasteiger partial charge in [-0.2, -0.15) is 0 Å². The summed E-state index contributed by atoms with van der Waals surface area (Å²) in [5.74, 6) is 1.47. The van der Waals surface area contributed by atoms with E-state index < -0.39 is 0 Å². The van der Waals surface area contributed by atoms with Crippen LogP contribution in [0.25, 0.3) is 0 Å². The molecule has 0 radical (unpaired) electrons. The molecule has 1 fully saturated rings. The van der Waals surface area contributed by atoms with Crippen molar-refractivity contribution < 1.29 is 14.3 Å². The maximum absolute atomic E-state index is 10.4. The summed E-state index contributed by atoms with van der Waals surface area (Å²) >= 11 is 6.14. The molecule has 1 N–H and O–H groups in total. The molecule has 1 aliphatic rings. The molecule has 1 aromatic carbocycles. The Bertz CT molecular complexity index is 576. The molecular weight excluding hydrogens is 400 g/mol. The standard InChI is InChI=1S/C17H25ClN2O2.C5H12O.C2H6/c1-2-3-8-22-17-5-4-16(18)9-15(17)12-20-7-6-14(11-20)10-19-13-21;1-5(2,3)6-4;1-2/h4-5,9,13-14H,2-3,6-8,10-12H2,1H3,(H,19,21);1-4H3;1-2H3. The molecule has 1 unspecified atom stereocenters. The zero-order valence-corrected chi connectivity index (χ0v) is 20.8. The van der Waals surface area contributed by atoms with E-state index in [0.29, 0.717) is 5.92 Å². The lowest BCUT2D eigenvalue weighted by Crippen LogP contribution is -2.25. The van der Waals surface area contributed by atoms with Gasteiger partial charge < -0.3 is 14.8 Å². The Morgan fingerprint density at radius 1 is 1.30 bits per heavy atom. The first-order chi connectivity index (χ1) is 14.3. The van der Waals surface area contributed by atoms with E-state index in [4.69, 9.17) is 21.1 Å². The summed E-state index contributed by atoms with van der Waals surface area (Å²) < 4.78 is 10.8. The van der Waals surface area contributed by atoms with Gasteiger partial charge >= 0.3 is 0 Å². The first kappa shape index (κ1) is 28.7. The highest BCUT2D eigenvalue weighted by Crippen LogP contribution is 2.27. The first-order valence-corrected chi connectivity index (χ1v) is 11.5. The van der Waals surface area contributed by atoms with Crippen LogP contribution in [0.15, 0.2) is 18.2 Å². The number of nitrogens with one attached hydrogen (secondary N) is 1. The van der Waals surface area contributed by atoms with Crippen molar-refractivity contribution in [3.8, 4) is 5.75 Å². The second kappa shape index (κ2) is 16.4. The number of hydrogen-bond donors (Lipinski definition) is 1. The Balaban J connectivity index is 0.000000905. The highest BCUT2D eigenvalue weighted by Gasteiger charge is 2.23. The van der Waals surface area contributed by atoms with Gasteiger partial charge in [-0.3, -0.25) is 9.69 Å². The van der Waals surface area contributed by atoms with E-state index in [1.165, 1.54) is 0 Å². The summed E-state index contributed by atoms with van der Waals surface area (Å²) in [6.07, 6.45) is 4.08. The fourth-order valence-corrected chi connectivity index (χ4v) is 3.01. The van der Waals surface area contributed by atoms with Crippen LogP contribution in [0.3, 0.4) is 0 Å². The van der Waals surface area contributed by atoms with Gasteiger partial charge in [0.05, 0.1) is 12.2 Å². The van der Waals surface area contributed by atoms with Crippen molar-refractivity contribution in [2.45, 2.75) is 73.0 Å². The summed E-state index contributed by atoms with van der Waals surface area (Å²) in [7, 11) is 1.71. The lowest BCUT2D eigenvalue weighted by molar-refractivity contribution is -0.109. The van der Waals surface area contributed by atoms with Crippen molar-refractivity contribution in [2.24, 2.45) is 5.92 Å². The van der Waals surface area contributed by atoms with E-state index in [-0.39, 0.29) is 5.60 Å². The van der Waals surface area contributed by atoms with Gasteiger partial charge in [0.15, 0.2) is 0 Å². The normalized spacial score (nSPS) is 16.1. The summed E-state index contributed by atoms with van der Waals surface area (Å²) in [5.41, 5.74) is 1.19. The van der Waals surface area contributed by atoms with Gasteiger partial charge in [0, 0.05) is 37.3 Å². The van der Waals surface area contributed by atoms with Crippen LogP contribution in [0.5, 0.6) is 5.75 Å². The molecule has 1 aliphatic heterocycles. The third-order valence-corrected chi connectivity index (χ3v) is 4.88. The SMILES string of the molecule is CC.CCCCOc1ccc(Cl)cc1CN1CCC(CNC=O)C1.COC(C)(C)C. The maximum atomic E-state index is 10.4. The number of nitrogens with zero attached hydrogens (tertiary/aromatic N) is 1. The van der Waals surface area contributed by atoms with Crippen LogP contribution in [-0.2, 0) is 16.1 Å². The van der Waals surface area contributed by atoms with Gasteiger partial charge in [-0.15, -0.1) is 0 Å². The average molecular weight is 443 g/mol. The van der Waals surface area contributed by atoms with Crippen LogP contribution in [0.4, 0.5) is 0 Å². The number of rotatable bonds is 9. The van der Waals surface area contributed by atoms with Crippen molar-refractivity contribution in [3.63, 3.8) is 0 Å². The van der Waals surface area contributed by atoms with Gasteiger partial charge in [-0.05, 0) is 64.3 Å². The Labute approximate surface area is 189 Å². The zero-order valence-electron chi connectivity index (χ0n) is 20.1. The van der Waals surface area contributed by atoms with Crippen LogP contribution in [0, 0.1) is 5.92 Å². The molecular formula is C24H43ClN2O3. The summed E-state index contributed by atoms with van der Waals surface area (Å²) in [5, 5.41) is 3.52. The summed E-state index contributed by atoms with van der Waals surface area (Å²) in [6, 6.07) is 5.85. The van der Waals surface area contributed by atoms with Gasteiger partial charge in [0.2, 0.25) is 6.41 Å². The number of benzene rings is 1. The molecule has 0 spiro atoms. The van der Waals surface area contributed by atoms with Crippen molar-refractivity contribution in [1.29, 1.82) is 0 Å². The number of carbonyl (C=O) groups excluding carboxylic acids is 1. The second-order valence-corrected chi connectivity index (χ2v) is 8.62. The number of halogens is 1. The number of ether oxygens (including phenoxy) is 2. The molecule has 174 valence electrons. The lowest BCUT2D eigenvalue weighted by atomic mass is 10.1. The third-order valence-electron chi connectivity index (χ3n) is 4.64. The van der Waals surface area contributed by atoms with E-state index in [1.54, 1.807) is 7.11 Å². The fourth-order valence-electron chi connectivity index (χ4n) is 2.82. The van der Waals surface area contributed by atoms with E-state index in [2.05, 4.69) is 17.1 Å². The minimum atomic E-state index is 0.0417. The molecule has 1 aromatic rings. The highest BCUT2D eigenvalue weighted by molar-refractivity contribution is 6.30. The second-order valence-electron chi connectivity index (χ2n) is 8.19. The Morgan fingerprint density at radius 2 is 1.97 bits per heavy atom. The number of unbranched alkanes of at least 4 members (excludes halogenated alkanes) is 1. The van der Waals surface area contributed by atoms with E-state index in [0.717, 1.165) is 74.8 Å². The molecule has 0 saturated carbocycles. The molecule has 2 rings (SSSR count). The monoisotopic (exact) mass is 442 g/mol. The van der Waals surface area contributed by atoms with Crippen LogP contribution in [-0.4, -0.2) is 50.3 Å². The molecule has 1 atom stereocenters. The summed E-state index contributed by atoms with van der Waals surface area (Å²) in [4.78, 5) is 12.8. The molecule has 5 nitrogen and oxygen atoms in total. The minimum Gasteiger partial charge on any atom is -0.493 e. The number of likely N-dealkylation sites (tertiary alicyclic amines) is 1. The zero-order chi connectivity index (χ0) is 23.0. The highest BCUT2D eigenvalue weighted by atomic mass is 35.5. The average Bonchev–Trinajstić information content (AvgIpc) is 3.17. The van der Waals surface area contributed by atoms with Gasteiger partial charge in [-0.25, -0.2) is 0 Å². The first-order valence-electron chi connectivity index (χ1n) is 11.1. The smallest absolute Gasteiger partial charge is 0.207 e. The third kappa shape index (κ3) is 13.1. The Morgan fingerprint density at radius 3 is 2.53 bits per heavy atom. The van der Waals surface area contributed by atoms with E-state index >= 15 is 0 Å². The topological polar surface area (TPSA) is 50.8 Å². The van der Waals surface area contributed by atoms with Crippen LogP contribution in [0.2, 0.25) is 5.02 Å². The molecule has 0 aromatic heterocycles. The minimum absolute atomic E-state index is 0.0417. The van der Waals surface area contributed by atoms with Crippen molar-refractivity contribution in [3.05, 3.63) is 28.8 Å². The predicted octanol–water partition coefficient (Wildman–Crippen LogP) is 5.54. The van der Waals surface area contributed by atoms with Gasteiger partial charge in [-0.1, -0.05) is 38.8 Å². The summed E-state index contributed by atoms with van der Waals surface area (Å²) in [6.45, 7) is 16.6. The van der Waals surface area contributed by atoms with Crippen molar-refractivity contribution >= 4 is 18.0 Å². The number of carbonyl (C=O) groups is 1. The van der Waals surface area contributed by atoms with Crippen LogP contribution >= 0.6 is 11.6 Å². The maximum Gasteiger partial charge on any atom is 0.207 e. The lowest BCUT2D eigenvalue weighted by Gasteiger charge is -2.19. The fraction of sp³-hybridized carbons (Fsp3) is 0.708. The molecule has 6 heteroatoms. The molecule has 0 bridgehead atoms. The molecule has 30 heavy (non-hydrogen) atoms. The van der Waals surface area contributed by atoms with Gasteiger partial charge in [0.1, 0.15) is 5.75 Å². The predicted molar refractivity (Wildman–Crippen MR) is 127 cm³/mol. The molecule has 1 saturated heterocycles. The van der Waals surface area contributed by atoms with Crippen molar-refractivity contribution in [2.75, 3.05) is 33.4 Å². The van der Waals surface area contributed by atoms with Crippen molar-refractivity contribution in [1.82, 2.24) is 10.2 Å². The van der Waals surface area contributed by atoms with Gasteiger partial charge in [0.25, 0.3) is 0 Å². The van der Waals surface area contributed by atoms with Crippen LogP contribution in [0.1, 0.15) is 66.4 Å². The number of hydrogen-bond acceptors (Lipinski definition) is 4. The number of amides is 1. The molecule has 1 heterocycles. The Kier molecular flexibility index (Phi) is 15.7. The number of methoxy groups -OCH3 is 1. The Hall–Kier alpha value is -1.30. The van der Waals surface area contributed by atoms with Crippen LogP contribution < -0.4 is 10.1 Å². The van der Waals surface area contributed by atoms with E-state index in [1.807, 2.05) is 52.8 Å². The van der Waals surface area contributed by atoms with E-state index in [9.17, 15) is 4.79 Å².